The van der Waals surface area contributed by atoms with Crippen molar-refractivity contribution in [3.8, 4) is 0 Å². The maximum atomic E-state index is 12.2. The Hall–Kier alpha value is -2.10. The van der Waals surface area contributed by atoms with Gasteiger partial charge in [0.25, 0.3) is 0 Å². The molecular weight excluding hydrogens is 448 g/mol. The Morgan fingerprint density at radius 3 is 1.78 bits per heavy atom. The number of allylic oxidation sites excluding steroid dienone is 8. The third-order valence-electron chi connectivity index (χ3n) is 6.05. The first-order valence-corrected chi connectivity index (χ1v) is 14.6. The third-order valence-corrected chi connectivity index (χ3v) is 6.05. The van der Waals surface area contributed by atoms with Crippen molar-refractivity contribution in [2.75, 3.05) is 0 Å². The van der Waals surface area contributed by atoms with E-state index in [0.717, 1.165) is 77.0 Å². The molecule has 0 bridgehead atoms. The summed E-state index contributed by atoms with van der Waals surface area (Å²) in [5.74, 6) is -0.810. The largest absolute Gasteiger partial charge is 0.481 e. The molecule has 0 aliphatic carbocycles. The van der Waals surface area contributed by atoms with Crippen LogP contribution in [0.5, 0.6) is 0 Å². The number of aliphatic carboxylic acids is 1. The Labute approximate surface area is 222 Å². The molecule has 0 saturated carbocycles. The number of esters is 1. The first-order chi connectivity index (χ1) is 17.6. The molecular formula is C32H54O4. The van der Waals surface area contributed by atoms with Crippen LogP contribution in [0.15, 0.2) is 48.6 Å². The van der Waals surface area contributed by atoms with E-state index in [-0.39, 0.29) is 18.5 Å². The van der Waals surface area contributed by atoms with E-state index in [0.29, 0.717) is 12.8 Å². The molecule has 0 amide bonds. The SMILES string of the molecule is CC/C=C\C/C=C\C/C=C\C/C=C\CCCCCCCCC(=O)OC(CCC)CCCCCC(=O)O. The predicted molar refractivity (Wildman–Crippen MR) is 153 cm³/mol. The highest BCUT2D eigenvalue weighted by atomic mass is 16.5. The average molecular weight is 503 g/mol. The summed E-state index contributed by atoms with van der Waals surface area (Å²) in [5, 5.41) is 8.70. The molecule has 36 heavy (non-hydrogen) atoms. The molecule has 4 nitrogen and oxygen atoms in total. The molecule has 0 saturated heterocycles. The van der Waals surface area contributed by atoms with Crippen LogP contribution in [-0.2, 0) is 14.3 Å². The van der Waals surface area contributed by atoms with Gasteiger partial charge in [-0.2, -0.15) is 0 Å². The van der Waals surface area contributed by atoms with Gasteiger partial charge in [0, 0.05) is 12.8 Å². The Balaban J connectivity index is 3.62. The molecule has 0 fully saturated rings. The molecule has 0 heterocycles. The number of carbonyl (C=O) groups excluding carboxylic acids is 1. The van der Waals surface area contributed by atoms with Gasteiger partial charge in [0.1, 0.15) is 6.10 Å². The molecule has 0 aromatic rings. The van der Waals surface area contributed by atoms with Gasteiger partial charge < -0.3 is 9.84 Å². The number of ether oxygens (including phenoxy) is 1. The van der Waals surface area contributed by atoms with Crippen LogP contribution < -0.4 is 0 Å². The molecule has 0 radical (unpaired) electrons. The minimum Gasteiger partial charge on any atom is -0.481 e. The van der Waals surface area contributed by atoms with Crippen LogP contribution in [0.1, 0.15) is 136 Å². The zero-order chi connectivity index (χ0) is 26.5. The Bertz CT molecular complexity index is 630. The van der Waals surface area contributed by atoms with Crippen molar-refractivity contribution >= 4 is 11.9 Å². The Morgan fingerprint density at radius 2 is 1.17 bits per heavy atom. The number of hydrogen-bond donors (Lipinski definition) is 1. The molecule has 0 aliphatic rings. The second-order valence-electron chi connectivity index (χ2n) is 9.55. The van der Waals surface area contributed by atoms with Gasteiger partial charge in [-0.25, -0.2) is 0 Å². The van der Waals surface area contributed by atoms with Crippen LogP contribution >= 0.6 is 0 Å². The molecule has 1 atom stereocenters. The van der Waals surface area contributed by atoms with E-state index >= 15 is 0 Å². The number of rotatable bonds is 25. The summed E-state index contributed by atoms with van der Waals surface area (Å²) in [6.45, 7) is 4.26. The van der Waals surface area contributed by atoms with Gasteiger partial charge in [-0.05, 0) is 70.6 Å². The summed E-state index contributed by atoms with van der Waals surface area (Å²) >= 11 is 0. The smallest absolute Gasteiger partial charge is 0.306 e. The average Bonchev–Trinajstić information content (AvgIpc) is 2.85. The quantitative estimate of drug-likeness (QED) is 0.0766. The minimum atomic E-state index is -0.739. The maximum absolute atomic E-state index is 12.2. The van der Waals surface area contributed by atoms with Gasteiger partial charge in [0.2, 0.25) is 0 Å². The highest BCUT2D eigenvalue weighted by Crippen LogP contribution is 2.15. The molecule has 4 heteroatoms. The monoisotopic (exact) mass is 502 g/mol. The molecule has 0 aromatic carbocycles. The fourth-order valence-electron chi connectivity index (χ4n) is 3.99. The van der Waals surface area contributed by atoms with Gasteiger partial charge in [0.15, 0.2) is 0 Å². The van der Waals surface area contributed by atoms with Crippen molar-refractivity contribution in [1.82, 2.24) is 0 Å². The summed E-state index contributed by atoms with van der Waals surface area (Å²) in [6, 6.07) is 0. The van der Waals surface area contributed by atoms with Crippen molar-refractivity contribution < 1.29 is 19.4 Å². The van der Waals surface area contributed by atoms with E-state index in [1.165, 1.54) is 25.7 Å². The zero-order valence-corrected chi connectivity index (χ0v) is 23.3. The van der Waals surface area contributed by atoms with Gasteiger partial charge >= 0.3 is 11.9 Å². The number of unbranched alkanes of at least 4 members (excludes halogenated alkanes) is 8. The highest BCUT2D eigenvalue weighted by Gasteiger charge is 2.13. The van der Waals surface area contributed by atoms with Crippen LogP contribution in [0.25, 0.3) is 0 Å². The Kier molecular flexibility index (Phi) is 25.9. The number of carboxylic acids is 1. The second-order valence-corrected chi connectivity index (χ2v) is 9.55. The molecule has 1 N–H and O–H groups in total. The fourth-order valence-corrected chi connectivity index (χ4v) is 3.99. The summed E-state index contributed by atoms with van der Waals surface area (Å²) in [4.78, 5) is 22.7. The predicted octanol–water partition coefficient (Wildman–Crippen LogP) is 9.66. The fraction of sp³-hybridized carbons (Fsp3) is 0.688. The van der Waals surface area contributed by atoms with Crippen molar-refractivity contribution in [1.29, 1.82) is 0 Å². The first-order valence-electron chi connectivity index (χ1n) is 14.6. The maximum Gasteiger partial charge on any atom is 0.306 e. The van der Waals surface area contributed by atoms with Gasteiger partial charge in [-0.3, -0.25) is 9.59 Å². The summed E-state index contributed by atoms with van der Waals surface area (Å²) in [5.41, 5.74) is 0. The molecule has 206 valence electrons. The Morgan fingerprint density at radius 1 is 0.639 bits per heavy atom. The van der Waals surface area contributed by atoms with Crippen LogP contribution in [0.2, 0.25) is 0 Å². The lowest BCUT2D eigenvalue weighted by Crippen LogP contribution is -2.18. The lowest BCUT2D eigenvalue weighted by molar-refractivity contribution is -0.150. The first kappa shape index (κ1) is 33.9. The summed E-state index contributed by atoms with van der Waals surface area (Å²) in [6.07, 6.45) is 36.1. The van der Waals surface area contributed by atoms with Crippen molar-refractivity contribution in [3.63, 3.8) is 0 Å². The number of carbonyl (C=O) groups is 2. The number of carboxylic acid groups (broad SMARTS) is 1. The lowest BCUT2D eigenvalue weighted by Gasteiger charge is -2.17. The third kappa shape index (κ3) is 26.5. The van der Waals surface area contributed by atoms with Gasteiger partial charge in [0.05, 0.1) is 0 Å². The molecule has 0 rings (SSSR count). The summed E-state index contributed by atoms with van der Waals surface area (Å²) in [7, 11) is 0. The van der Waals surface area contributed by atoms with E-state index in [1.807, 2.05) is 0 Å². The van der Waals surface area contributed by atoms with Crippen molar-refractivity contribution in [2.45, 2.75) is 142 Å². The highest BCUT2D eigenvalue weighted by molar-refractivity contribution is 5.69. The van der Waals surface area contributed by atoms with Crippen LogP contribution in [0, 0.1) is 0 Å². The van der Waals surface area contributed by atoms with Gasteiger partial charge in [-0.1, -0.05) is 101 Å². The minimum absolute atomic E-state index is 0.00862. The second kappa shape index (κ2) is 27.5. The van der Waals surface area contributed by atoms with Crippen molar-refractivity contribution in [3.05, 3.63) is 48.6 Å². The number of hydrogen-bond acceptors (Lipinski definition) is 3. The van der Waals surface area contributed by atoms with Crippen molar-refractivity contribution in [2.24, 2.45) is 0 Å². The van der Waals surface area contributed by atoms with Crippen LogP contribution in [0.4, 0.5) is 0 Å². The van der Waals surface area contributed by atoms with E-state index < -0.39 is 5.97 Å². The molecule has 0 aromatic heterocycles. The molecule has 0 aliphatic heterocycles. The molecule has 1 unspecified atom stereocenters. The van der Waals surface area contributed by atoms with E-state index in [1.54, 1.807) is 0 Å². The standard InChI is InChI=1S/C32H54O4/c1-3-5-6-7-8-9-10-11-12-13-14-15-16-17-18-19-20-21-25-29-32(35)36-30(26-4-2)27-23-22-24-28-31(33)34/h5-6,8-9,11-12,14-15,30H,3-4,7,10,13,16-29H2,1-2H3,(H,33,34)/b6-5-,9-8-,12-11-,15-14-. The normalized spacial score (nSPS) is 12.9. The van der Waals surface area contributed by atoms with Crippen LogP contribution in [0.3, 0.4) is 0 Å². The lowest BCUT2D eigenvalue weighted by atomic mass is 10.1. The summed E-state index contributed by atoms with van der Waals surface area (Å²) < 4.78 is 5.68. The zero-order valence-electron chi connectivity index (χ0n) is 23.3. The van der Waals surface area contributed by atoms with E-state index in [4.69, 9.17) is 9.84 Å². The van der Waals surface area contributed by atoms with E-state index in [9.17, 15) is 9.59 Å². The molecule has 0 spiro atoms. The van der Waals surface area contributed by atoms with Gasteiger partial charge in [-0.15, -0.1) is 0 Å². The van der Waals surface area contributed by atoms with Crippen LogP contribution in [-0.4, -0.2) is 23.1 Å². The van der Waals surface area contributed by atoms with E-state index in [2.05, 4.69) is 62.5 Å². The topological polar surface area (TPSA) is 63.6 Å².